The van der Waals surface area contributed by atoms with Crippen molar-refractivity contribution in [3.8, 4) is 22.8 Å². The van der Waals surface area contributed by atoms with Crippen molar-refractivity contribution in [1.82, 2.24) is 14.9 Å². The van der Waals surface area contributed by atoms with Gasteiger partial charge in [0.25, 0.3) is 5.56 Å². The van der Waals surface area contributed by atoms with Crippen LogP contribution >= 0.6 is 0 Å². The predicted octanol–water partition coefficient (Wildman–Crippen LogP) is 3.54. The van der Waals surface area contributed by atoms with Crippen LogP contribution in [0.4, 0.5) is 0 Å². The fourth-order valence-corrected chi connectivity index (χ4v) is 3.77. The van der Waals surface area contributed by atoms with Crippen LogP contribution in [-0.2, 0) is 11.3 Å². The number of rotatable bonds is 6. The van der Waals surface area contributed by atoms with E-state index in [4.69, 9.17) is 9.47 Å². The minimum absolute atomic E-state index is 0.135. The lowest BCUT2D eigenvalue weighted by molar-refractivity contribution is -0.122. The Morgan fingerprint density at radius 3 is 2.24 bits per heavy atom. The zero-order valence-electron chi connectivity index (χ0n) is 17.7. The first-order valence-electron chi connectivity index (χ1n) is 10.5. The first-order chi connectivity index (χ1) is 16.2. The Hall–Kier alpha value is -4.39. The summed E-state index contributed by atoms with van der Waals surface area (Å²) in [6.07, 6.45) is 1.39. The normalized spacial score (nSPS) is 12.0. The summed E-state index contributed by atoms with van der Waals surface area (Å²) in [6.45, 7) is 0.0410. The van der Waals surface area contributed by atoms with E-state index in [0.29, 0.717) is 17.2 Å². The van der Waals surface area contributed by atoms with Gasteiger partial charge >= 0.3 is 0 Å². The summed E-state index contributed by atoms with van der Waals surface area (Å²) in [6, 6.07) is 25.9. The number of benzene rings is 3. The molecule has 7 nitrogen and oxygen atoms in total. The minimum atomic E-state index is -0.323. The van der Waals surface area contributed by atoms with Crippen molar-refractivity contribution in [2.45, 2.75) is 12.6 Å². The van der Waals surface area contributed by atoms with E-state index in [9.17, 15) is 9.59 Å². The van der Waals surface area contributed by atoms with Crippen molar-refractivity contribution < 1.29 is 14.3 Å². The standard InChI is InChI=1S/C26H21N3O4/c30-24(28-26(18-7-3-1-4-8-18)19-9-5-2-6-10-19)15-29-16-27-21(14-25(29)31)20-11-12-22-23(13-20)33-17-32-22/h1-14,16,26H,15,17H2,(H,28,30). The molecule has 0 spiro atoms. The molecule has 1 aliphatic rings. The van der Waals surface area contributed by atoms with Crippen molar-refractivity contribution in [1.29, 1.82) is 0 Å². The summed E-state index contributed by atoms with van der Waals surface area (Å²) in [5, 5.41) is 3.04. The zero-order valence-corrected chi connectivity index (χ0v) is 17.7. The molecular formula is C26H21N3O4. The van der Waals surface area contributed by atoms with Crippen LogP contribution in [0.1, 0.15) is 17.2 Å². The SMILES string of the molecule is O=C(Cn1cnc(-c2ccc3c(c2)OCO3)cc1=O)NC(c1ccccc1)c1ccccc1. The lowest BCUT2D eigenvalue weighted by atomic mass is 9.99. The van der Waals surface area contributed by atoms with E-state index in [0.717, 1.165) is 16.7 Å². The molecule has 7 heteroatoms. The number of amides is 1. The second-order valence-electron chi connectivity index (χ2n) is 7.63. The first kappa shape index (κ1) is 20.5. The summed E-state index contributed by atoms with van der Waals surface area (Å²) < 4.78 is 12.0. The Morgan fingerprint density at radius 1 is 0.909 bits per heavy atom. The molecular weight excluding hydrogens is 418 g/mol. The fraction of sp³-hybridized carbons (Fsp3) is 0.115. The fourth-order valence-electron chi connectivity index (χ4n) is 3.77. The Morgan fingerprint density at radius 2 is 1.58 bits per heavy atom. The molecule has 2 heterocycles. The van der Waals surface area contributed by atoms with Crippen LogP contribution in [-0.4, -0.2) is 22.3 Å². The molecule has 1 N–H and O–H groups in total. The molecule has 164 valence electrons. The van der Waals surface area contributed by atoms with Gasteiger partial charge < -0.3 is 14.8 Å². The van der Waals surface area contributed by atoms with Gasteiger partial charge in [0.15, 0.2) is 11.5 Å². The van der Waals surface area contributed by atoms with Crippen molar-refractivity contribution >= 4 is 5.91 Å². The van der Waals surface area contributed by atoms with Gasteiger partial charge in [-0.3, -0.25) is 14.2 Å². The molecule has 0 aliphatic carbocycles. The van der Waals surface area contributed by atoms with E-state index in [1.54, 1.807) is 12.1 Å². The first-order valence-corrected chi connectivity index (χ1v) is 10.5. The number of carbonyl (C=O) groups is 1. The van der Waals surface area contributed by atoms with Gasteiger partial charge in [-0.1, -0.05) is 60.7 Å². The van der Waals surface area contributed by atoms with E-state index in [1.807, 2.05) is 66.7 Å². The molecule has 5 rings (SSSR count). The number of hydrogen-bond donors (Lipinski definition) is 1. The summed E-state index contributed by atoms with van der Waals surface area (Å²) in [5.74, 6) is 0.994. The number of hydrogen-bond acceptors (Lipinski definition) is 5. The predicted molar refractivity (Wildman–Crippen MR) is 123 cm³/mol. The molecule has 0 bridgehead atoms. The summed E-state index contributed by atoms with van der Waals surface area (Å²) in [4.78, 5) is 29.9. The van der Waals surface area contributed by atoms with Gasteiger partial charge in [-0.15, -0.1) is 0 Å². The van der Waals surface area contributed by atoms with Gasteiger partial charge in [-0.25, -0.2) is 4.98 Å². The molecule has 1 amide bonds. The van der Waals surface area contributed by atoms with Gasteiger partial charge in [0, 0.05) is 11.6 Å². The summed E-state index contributed by atoms with van der Waals surface area (Å²) in [7, 11) is 0. The van der Waals surface area contributed by atoms with Crippen molar-refractivity contribution in [3.05, 3.63) is 113 Å². The Bertz CT molecular complexity index is 1300. The monoisotopic (exact) mass is 439 g/mol. The molecule has 1 aliphatic heterocycles. The third kappa shape index (κ3) is 4.48. The van der Waals surface area contributed by atoms with Crippen LogP contribution in [0.25, 0.3) is 11.3 Å². The molecule has 1 aromatic heterocycles. The third-order valence-corrected chi connectivity index (χ3v) is 5.43. The molecule has 0 fully saturated rings. The van der Waals surface area contributed by atoms with Gasteiger partial charge in [-0.2, -0.15) is 0 Å². The molecule has 0 saturated heterocycles. The minimum Gasteiger partial charge on any atom is -0.454 e. The van der Waals surface area contributed by atoms with Crippen LogP contribution in [0.2, 0.25) is 0 Å². The zero-order chi connectivity index (χ0) is 22.6. The largest absolute Gasteiger partial charge is 0.454 e. The maximum absolute atomic E-state index is 12.9. The molecule has 4 aromatic rings. The Balaban J connectivity index is 1.34. The molecule has 3 aromatic carbocycles. The smallest absolute Gasteiger partial charge is 0.254 e. The van der Waals surface area contributed by atoms with Gasteiger partial charge in [0.05, 0.1) is 18.1 Å². The average Bonchev–Trinajstić information content (AvgIpc) is 3.33. The number of carbonyl (C=O) groups excluding carboxylic acids is 1. The van der Waals surface area contributed by atoms with E-state index in [1.165, 1.54) is 17.0 Å². The molecule has 0 unspecified atom stereocenters. The second kappa shape index (κ2) is 9.00. The number of nitrogens with one attached hydrogen (secondary N) is 1. The van der Waals surface area contributed by atoms with E-state index in [2.05, 4.69) is 10.3 Å². The van der Waals surface area contributed by atoms with Crippen LogP contribution in [0.3, 0.4) is 0 Å². The third-order valence-electron chi connectivity index (χ3n) is 5.43. The highest BCUT2D eigenvalue weighted by Gasteiger charge is 2.18. The van der Waals surface area contributed by atoms with Crippen molar-refractivity contribution in [2.75, 3.05) is 6.79 Å². The Labute approximate surface area is 190 Å². The molecule has 0 saturated carbocycles. The van der Waals surface area contributed by atoms with Gasteiger partial charge in [0.2, 0.25) is 12.7 Å². The van der Waals surface area contributed by atoms with E-state index < -0.39 is 0 Å². The summed E-state index contributed by atoms with van der Waals surface area (Å²) >= 11 is 0. The molecule has 33 heavy (non-hydrogen) atoms. The molecule has 0 radical (unpaired) electrons. The molecule has 0 atom stereocenters. The highest BCUT2D eigenvalue weighted by Crippen LogP contribution is 2.35. The van der Waals surface area contributed by atoms with Crippen molar-refractivity contribution in [2.24, 2.45) is 0 Å². The lowest BCUT2D eigenvalue weighted by Crippen LogP contribution is -2.35. The maximum atomic E-state index is 12.9. The van der Waals surface area contributed by atoms with E-state index >= 15 is 0 Å². The lowest BCUT2D eigenvalue weighted by Gasteiger charge is -2.20. The topological polar surface area (TPSA) is 82.5 Å². The highest BCUT2D eigenvalue weighted by atomic mass is 16.7. The van der Waals surface area contributed by atoms with Crippen LogP contribution < -0.4 is 20.3 Å². The second-order valence-corrected chi connectivity index (χ2v) is 7.63. The van der Waals surface area contributed by atoms with Gasteiger partial charge in [-0.05, 0) is 29.3 Å². The number of aromatic nitrogens is 2. The number of fused-ring (bicyclic) bond motifs is 1. The number of ether oxygens (including phenoxy) is 2. The van der Waals surface area contributed by atoms with Crippen LogP contribution in [0, 0.1) is 0 Å². The van der Waals surface area contributed by atoms with Gasteiger partial charge in [0.1, 0.15) is 6.54 Å². The average molecular weight is 439 g/mol. The highest BCUT2D eigenvalue weighted by molar-refractivity contribution is 5.77. The maximum Gasteiger partial charge on any atom is 0.254 e. The number of nitrogens with zero attached hydrogens (tertiary/aromatic N) is 2. The van der Waals surface area contributed by atoms with Crippen molar-refractivity contribution in [3.63, 3.8) is 0 Å². The van der Waals surface area contributed by atoms with E-state index in [-0.39, 0.29) is 30.8 Å². The van der Waals surface area contributed by atoms with Crippen LogP contribution in [0.5, 0.6) is 11.5 Å². The summed E-state index contributed by atoms with van der Waals surface area (Å²) in [5.41, 5.74) is 2.84. The quantitative estimate of drug-likeness (QED) is 0.497. The Kier molecular flexibility index (Phi) is 5.59. The van der Waals surface area contributed by atoms with Crippen LogP contribution in [0.15, 0.2) is 96.1 Å².